The standard InChI is InChI=1S/C14H20N2O2/c15-11-12-3-1-2-4-13(12)16-7-5-14(6-8-16)17-9-10-18-14/h1-4H,5-11,15H2. The molecule has 0 saturated carbocycles. The minimum Gasteiger partial charge on any atom is -0.371 e. The number of ether oxygens (including phenoxy) is 2. The molecule has 2 aliphatic rings. The second kappa shape index (κ2) is 4.88. The molecule has 1 aromatic rings. The van der Waals surface area contributed by atoms with Crippen molar-refractivity contribution in [2.75, 3.05) is 31.2 Å². The van der Waals surface area contributed by atoms with Crippen molar-refractivity contribution < 1.29 is 9.47 Å². The summed E-state index contributed by atoms with van der Waals surface area (Å²) in [6.07, 6.45) is 1.87. The van der Waals surface area contributed by atoms with Crippen molar-refractivity contribution in [2.45, 2.75) is 25.2 Å². The Balaban J connectivity index is 1.72. The lowest BCUT2D eigenvalue weighted by molar-refractivity contribution is -0.169. The number of benzene rings is 1. The molecule has 2 saturated heterocycles. The zero-order valence-corrected chi connectivity index (χ0v) is 10.6. The first kappa shape index (κ1) is 12.0. The third-order valence-electron chi connectivity index (χ3n) is 3.89. The largest absolute Gasteiger partial charge is 0.371 e. The third-order valence-corrected chi connectivity index (χ3v) is 3.89. The van der Waals surface area contributed by atoms with E-state index < -0.39 is 0 Å². The van der Waals surface area contributed by atoms with Crippen LogP contribution >= 0.6 is 0 Å². The molecule has 3 rings (SSSR count). The lowest BCUT2D eigenvalue weighted by Gasteiger charge is -2.39. The minimum absolute atomic E-state index is 0.297. The summed E-state index contributed by atoms with van der Waals surface area (Å²) in [6, 6.07) is 8.36. The first-order valence-electron chi connectivity index (χ1n) is 6.64. The summed E-state index contributed by atoms with van der Waals surface area (Å²) in [7, 11) is 0. The van der Waals surface area contributed by atoms with E-state index in [0.29, 0.717) is 6.54 Å². The molecule has 1 aromatic carbocycles. The zero-order valence-electron chi connectivity index (χ0n) is 10.6. The number of rotatable bonds is 2. The maximum atomic E-state index is 5.80. The second-order valence-electron chi connectivity index (χ2n) is 4.93. The number of nitrogens with zero attached hydrogens (tertiary/aromatic N) is 1. The first-order chi connectivity index (χ1) is 8.83. The topological polar surface area (TPSA) is 47.7 Å². The molecule has 0 aromatic heterocycles. The molecule has 18 heavy (non-hydrogen) atoms. The van der Waals surface area contributed by atoms with Gasteiger partial charge in [-0.1, -0.05) is 18.2 Å². The quantitative estimate of drug-likeness (QED) is 0.861. The van der Waals surface area contributed by atoms with Crippen LogP contribution < -0.4 is 10.6 Å². The number of anilines is 1. The molecule has 0 atom stereocenters. The van der Waals surface area contributed by atoms with E-state index in [0.717, 1.165) is 39.1 Å². The predicted octanol–water partition coefficient (Wildman–Crippen LogP) is 1.49. The molecule has 4 nitrogen and oxygen atoms in total. The molecule has 0 aliphatic carbocycles. The van der Waals surface area contributed by atoms with Crippen molar-refractivity contribution in [2.24, 2.45) is 5.73 Å². The van der Waals surface area contributed by atoms with Gasteiger partial charge in [-0.15, -0.1) is 0 Å². The van der Waals surface area contributed by atoms with Crippen LogP contribution in [0.15, 0.2) is 24.3 Å². The van der Waals surface area contributed by atoms with Crippen LogP contribution in [0.3, 0.4) is 0 Å². The van der Waals surface area contributed by atoms with Crippen molar-refractivity contribution in [1.82, 2.24) is 0 Å². The Morgan fingerprint density at radius 3 is 2.44 bits per heavy atom. The summed E-state index contributed by atoms with van der Waals surface area (Å²) in [5.41, 5.74) is 8.26. The van der Waals surface area contributed by atoms with Gasteiger partial charge >= 0.3 is 0 Å². The molecule has 0 radical (unpaired) electrons. The molecule has 2 heterocycles. The van der Waals surface area contributed by atoms with Crippen LogP contribution in [0, 0.1) is 0 Å². The zero-order chi connectivity index (χ0) is 12.4. The Morgan fingerprint density at radius 1 is 1.11 bits per heavy atom. The number of para-hydroxylation sites is 1. The highest BCUT2D eigenvalue weighted by Gasteiger charge is 2.39. The fourth-order valence-electron chi connectivity index (χ4n) is 2.87. The molecule has 1 spiro atoms. The van der Waals surface area contributed by atoms with E-state index in [-0.39, 0.29) is 5.79 Å². The van der Waals surface area contributed by atoms with Gasteiger partial charge in [0.05, 0.1) is 13.2 Å². The Labute approximate surface area is 108 Å². The maximum Gasteiger partial charge on any atom is 0.171 e. The van der Waals surface area contributed by atoms with Crippen molar-refractivity contribution >= 4 is 5.69 Å². The average molecular weight is 248 g/mol. The van der Waals surface area contributed by atoms with Crippen molar-refractivity contribution in [1.29, 1.82) is 0 Å². The van der Waals surface area contributed by atoms with Gasteiger partial charge < -0.3 is 20.1 Å². The Bertz CT molecular complexity index is 406. The van der Waals surface area contributed by atoms with Gasteiger partial charge in [0.15, 0.2) is 5.79 Å². The molecule has 0 bridgehead atoms. The SMILES string of the molecule is NCc1ccccc1N1CCC2(CC1)OCCO2. The molecule has 2 N–H and O–H groups in total. The van der Waals surface area contributed by atoms with Crippen molar-refractivity contribution in [3.05, 3.63) is 29.8 Å². The fraction of sp³-hybridized carbons (Fsp3) is 0.571. The number of nitrogens with two attached hydrogens (primary N) is 1. The van der Waals surface area contributed by atoms with Gasteiger partial charge in [-0.2, -0.15) is 0 Å². The van der Waals surface area contributed by atoms with Crippen molar-refractivity contribution in [3.63, 3.8) is 0 Å². The summed E-state index contributed by atoms with van der Waals surface area (Å²) >= 11 is 0. The van der Waals surface area contributed by atoms with E-state index in [4.69, 9.17) is 15.2 Å². The van der Waals surface area contributed by atoms with Crippen molar-refractivity contribution in [3.8, 4) is 0 Å². The smallest absolute Gasteiger partial charge is 0.171 e. The van der Waals surface area contributed by atoms with Crippen LogP contribution in [0.1, 0.15) is 18.4 Å². The fourth-order valence-corrected chi connectivity index (χ4v) is 2.87. The molecule has 0 amide bonds. The monoisotopic (exact) mass is 248 g/mol. The first-order valence-corrected chi connectivity index (χ1v) is 6.64. The van der Waals surface area contributed by atoms with E-state index in [9.17, 15) is 0 Å². The van der Waals surface area contributed by atoms with E-state index in [1.807, 2.05) is 6.07 Å². The van der Waals surface area contributed by atoms with E-state index in [2.05, 4.69) is 23.1 Å². The van der Waals surface area contributed by atoms with E-state index in [1.54, 1.807) is 0 Å². The molecule has 0 unspecified atom stereocenters. The van der Waals surface area contributed by atoms with E-state index in [1.165, 1.54) is 11.3 Å². The maximum absolute atomic E-state index is 5.80. The van der Waals surface area contributed by atoms with Crippen LogP contribution in [0.2, 0.25) is 0 Å². The number of piperidine rings is 1. The average Bonchev–Trinajstić information content (AvgIpc) is 2.88. The van der Waals surface area contributed by atoms with Crippen LogP contribution in [0.4, 0.5) is 5.69 Å². The summed E-state index contributed by atoms with van der Waals surface area (Å²) in [5, 5.41) is 0. The van der Waals surface area contributed by atoms with Crippen LogP contribution in [-0.4, -0.2) is 32.1 Å². The Kier molecular flexibility index (Phi) is 3.24. The third kappa shape index (κ3) is 2.11. The molecule has 2 fully saturated rings. The number of hydrogen-bond donors (Lipinski definition) is 1. The molecule has 2 aliphatic heterocycles. The molecular formula is C14H20N2O2. The van der Waals surface area contributed by atoms with Gasteiger partial charge in [0.1, 0.15) is 0 Å². The van der Waals surface area contributed by atoms with Crippen LogP contribution in [-0.2, 0) is 16.0 Å². The lowest BCUT2D eigenvalue weighted by Crippen LogP contribution is -2.45. The van der Waals surface area contributed by atoms with Gasteiger partial charge in [-0.3, -0.25) is 0 Å². The second-order valence-corrected chi connectivity index (χ2v) is 4.93. The minimum atomic E-state index is -0.297. The highest BCUT2D eigenvalue weighted by atomic mass is 16.7. The van der Waals surface area contributed by atoms with Gasteiger partial charge in [0, 0.05) is 38.2 Å². The molecule has 98 valence electrons. The predicted molar refractivity (Wildman–Crippen MR) is 70.4 cm³/mol. The summed E-state index contributed by atoms with van der Waals surface area (Å²) in [6.45, 7) is 4.00. The highest BCUT2D eigenvalue weighted by molar-refractivity contribution is 5.54. The Morgan fingerprint density at radius 2 is 1.78 bits per heavy atom. The number of hydrogen-bond acceptors (Lipinski definition) is 4. The van der Waals surface area contributed by atoms with Gasteiger partial charge in [-0.25, -0.2) is 0 Å². The summed E-state index contributed by atoms with van der Waals surface area (Å²) in [5.74, 6) is -0.297. The lowest BCUT2D eigenvalue weighted by atomic mass is 10.0. The summed E-state index contributed by atoms with van der Waals surface area (Å²) < 4.78 is 11.5. The van der Waals surface area contributed by atoms with Gasteiger partial charge in [0.2, 0.25) is 0 Å². The van der Waals surface area contributed by atoms with Gasteiger partial charge in [-0.05, 0) is 11.6 Å². The van der Waals surface area contributed by atoms with Crippen LogP contribution in [0.25, 0.3) is 0 Å². The van der Waals surface area contributed by atoms with Crippen LogP contribution in [0.5, 0.6) is 0 Å². The normalized spacial score (nSPS) is 22.6. The molecule has 4 heteroatoms. The Hall–Kier alpha value is -1.10. The summed E-state index contributed by atoms with van der Waals surface area (Å²) in [4.78, 5) is 2.39. The van der Waals surface area contributed by atoms with Gasteiger partial charge in [0.25, 0.3) is 0 Å². The molecular weight excluding hydrogens is 228 g/mol. The van der Waals surface area contributed by atoms with E-state index >= 15 is 0 Å². The highest BCUT2D eigenvalue weighted by Crippen LogP contribution is 2.34.